The van der Waals surface area contributed by atoms with Crippen molar-refractivity contribution in [1.29, 1.82) is 0 Å². The lowest BCUT2D eigenvalue weighted by atomic mass is 10.2. The van der Waals surface area contributed by atoms with E-state index in [9.17, 15) is 18.9 Å². The third-order valence-corrected chi connectivity index (χ3v) is 2.08. The SMILES string of the molecule is NCc1cc(Br)nc(C(F)F)c1[N+](=O)[O-]. The number of alkyl halides is 2. The highest BCUT2D eigenvalue weighted by Crippen LogP contribution is 2.31. The molecule has 0 radical (unpaired) electrons. The van der Waals surface area contributed by atoms with Gasteiger partial charge in [-0.3, -0.25) is 10.1 Å². The van der Waals surface area contributed by atoms with E-state index in [2.05, 4.69) is 20.9 Å². The van der Waals surface area contributed by atoms with E-state index in [-0.39, 0.29) is 16.7 Å². The summed E-state index contributed by atoms with van der Waals surface area (Å²) in [7, 11) is 0. The minimum absolute atomic E-state index is 0.0252. The first-order chi connectivity index (χ1) is 6.97. The van der Waals surface area contributed by atoms with Crippen molar-refractivity contribution in [3.63, 3.8) is 0 Å². The normalized spacial score (nSPS) is 10.7. The van der Waals surface area contributed by atoms with E-state index in [1.54, 1.807) is 0 Å². The van der Waals surface area contributed by atoms with E-state index >= 15 is 0 Å². The average Bonchev–Trinajstić information content (AvgIpc) is 2.15. The number of nitrogens with two attached hydrogens (primary N) is 1. The molecule has 0 aromatic carbocycles. The fourth-order valence-electron chi connectivity index (χ4n) is 1.10. The van der Waals surface area contributed by atoms with E-state index in [0.29, 0.717) is 0 Å². The lowest BCUT2D eigenvalue weighted by Gasteiger charge is -2.05. The molecule has 1 rings (SSSR count). The van der Waals surface area contributed by atoms with Crippen molar-refractivity contribution in [2.45, 2.75) is 13.0 Å². The molecule has 8 heteroatoms. The van der Waals surface area contributed by atoms with Crippen LogP contribution in [0.25, 0.3) is 0 Å². The number of nitrogens with zero attached hydrogens (tertiary/aromatic N) is 2. The summed E-state index contributed by atoms with van der Waals surface area (Å²) >= 11 is 2.88. The van der Waals surface area contributed by atoms with Crippen LogP contribution in [0.1, 0.15) is 17.7 Å². The van der Waals surface area contributed by atoms with Crippen LogP contribution in [-0.2, 0) is 6.54 Å². The number of nitro groups is 1. The fraction of sp³-hybridized carbons (Fsp3) is 0.286. The lowest BCUT2D eigenvalue weighted by Crippen LogP contribution is -2.07. The third kappa shape index (κ3) is 2.45. The highest BCUT2D eigenvalue weighted by molar-refractivity contribution is 9.10. The number of hydrogen-bond acceptors (Lipinski definition) is 4. The summed E-state index contributed by atoms with van der Waals surface area (Å²) in [5.74, 6) is 0. The van der Waals surface area contributed by atoms with Gasteiger partial charge >= 0.3 is 5.69 Å². The number of halogens is 3. The third-order valence-electron chi connectivity index (χ3n) is 1.68. The van der Waals surface area contributed by atoms with Gasteiger partial charge in [0.15, 0.2) is 5.69 Å². The van der Waals surface area contributed by atoms with Gasteiger partial charge in [-0.2, -0.15) is 0 Å². The largest absolute Gasteiger partial charge is 0.326 e. The molecule has 0 fully saturated rings. The molecule has 0 bridgehead atoms. The quantitative estimate of drug-likeness (QED) is 0.523. The molecular formula is C7H6BrF2N3O2. The molecule has 2 N–H and O–H groups in total. The molecule has 15 heavy (non-hydrogen) atoms. The van der Waals surface area contributed by atoms with Crippen molar-refractivity contribution in [2.24, 2.45) is 5.73 Å². The first-order valence-electron chi connectivity index (χ1n) is 3.79. The van der Waals surface area contributed by atoms with Crippen LogP contribution in [0.3, 0.4) is 0 Å². The van der Waals surface area contributed by atoms with Crippen molar-refractivity contribution in [3.8, 4) is 0 Å². The Bertz CT molecular complexity index is 400. The van der Waals surface area contributed by atoms with Crippen LogP contribution in [0.4, 0.5) is 14.5 Å². The average molecular weight is 282 g/mol. The minimum atomic E-state index is -3.01. The zero-order valence-corrected chi connectivity index (χ0v) is 8.87. The molecular weight excluding hydrogens is 276 g/mol. The zero-order chi connectivity index (χ0) is 11.6. The molecule has 0 aliphatic heterocycles. The second kappa shape index (κ2) is 4.58. The molecule has 0 saturated carbocycles. The Morgan fingerprint density at radius 1 is 1.67 bits per heavy atom. The van der Waals surface area contributed by atoms with Crippen LogP contribution < -0.4 is 5.73 Å². The maximum atomic E-state index is 12.5. The Morgan fingerprint density at radius 2 is 2.27 bits per heavy atom. The Morgan fingerprint density at radius 3 is 2.67 bits per heavy atom. The summed E-state index contributed by atoms with van der Waals surface area (Å²) in [5.41, 5.74) is 3.68. The van der Waals surface area contributed by atoms with Crippen LogP contribution in [0.5, 0.6) is 0 Å². The van der Waals surface area contributed by atoms with E-state index in [1.807, 2.05) is 0 Å². The molecule has 0 spiro atoms. The van der Waals surface area contributed by atoms with Crippen molar-refractivity contribution in [1.82, 2.24) is 4.98 Å². The smallest absolute Gasteiger partial charge is 0.301 e. The predicted octanol–water partition coefficient (Wildman–Crippen LogP) is 2.15. The van der Waals surface area contributed by atoms with Crippen molar-refractivity contribution < 1.29 is 13.7 Å². The van der Waals surface area contributed by atoms with Gasteiger partial charge < -0.3 is 5.73 Å². The van der Waals surface area contributed by atoms with Gasteiger partial charge in [0.1, 0.15) is 4.60 Å². The standard InChI is InChI=1S/C7H6BrF2N3O2/c8-4-1-3(2-11)6(13(14)15)5(12-4)7(9)10/h1,7H,2,11H2. The van der Waals surface area contributed by atoms with E-state index < -0.39 is 22.7 Å². The Hall–Kier alpha value is -1.15. The second-order valence-corrected chi connectivity index (χ2v) is 3.41. The van der Waals surface area contributed by atoms with Crippen LogP contribution in [-0.4, -0.2) is 9.91 Å². The predicted molar refractivity (Wildman–Crippen MR) is 51.4 cm³/mol. The molecule has 1 heterocycles. The molecule has 0 saturated heterocycles. The Balaban J connectivity index is 3.47. The van der Waals surface area contributed by atoms with Crippen LogP contribution in [0.2, 0.25) is 0 Å². The van der Waals surface area contributed by atoms with Crippen molar-refractivity contribution >= 4 is 21.6 Å². The minimum Gasteiger partial charge on any atom is -0.326 e. The van der Waals surface area contributed by atoms with Crippen LogP contribution >= 0.6 is 15.9 Å². The molecule has 5 nitrogen and oxygen atoms in total. The number of pyridine rings is 1. The molecule has 1 aromatic rings. The van der Waals surface area contributed by atoms with Gasteiger partial charge in [0.05, 0.1) is 4.92 Å². The summed E-state index contributed by atoms with van der Waals surface area (Å²) in [6.07, 6.45) is -3.01. The fourth-order valence-corrected chi connectivity index (χ4v) is 1.56. The van der Waals surface area contributed by atoms with Gasteiger partial charge in [-0.05, 0) is 22.0 Å². The number of hydrogen-bond donors (Lipinski definition) is 1. The molecule has 1 aromatic heterocycles. The molecule has 0 aliphatic rings. The molecule has 0 aliphatic carbocycles. The number of rotatable bonds is 3. The summed E-state index contributed by atoms with van der Waals surface area (Å²) in [4.78, 5) is 13.1. The van der Waals surface area contributed by atoms with E-state index in [0.717, 1.165) is 0 Å². The summed E-state index contributed by atoms with van der Waals surface area (Å²) in [6.45, 7) is -0.197. The van der Waals surface area contributed by atoms with Gasteiger partial charge in [0.25, 0.3) is 6.43 Å². The maximum absolute atomic E-state index is 12.5. The Kier molecular flexibility index (Phi) is 3.64. The zero-order valence-electron chi connectivity index (χ0n) is 7.28. The van der Waals surface area contributed by atoms with Crippen LogP contribution in [0, 0.1) is 10.1 Å². The second-order valence-electron chi connectivity index (χ2n) is 2.60. The molecule has 0 atom stereocenters. The summed E-state index contributed by atoms with van der Waals surface area (Å²) in [5, 5.41) is 10.6. The van der Waals surface area contributed by atoms with E-state index in [1.165, 1.54) is 6.07 Å². The molecule has 0 amide bonds. The molecule has 82 valence electrons. The summed E-state index contributed by atoms with van der Waals surface area (Å²) < 4.78 is 25.0. The lowest BCUT2D eigenvalue weighted by molar-refractivity contribution is -0.387. The van der Waals surface area contributed by atoms with Gasteiger partial charge in [-0.15, -0.1) is 0 Å². The molecule has 0 unspecified atom stereocenters. The van der Waals surface area contributed by atoms with Gasteiger partial charge in [-0.25, -0.2) is 13.8 Å². The first kappa shape index (κ1) is 11.9. The van der Waals surface area contributed by atoms with Crippen molar-refractivity contribution in [2.75, 3.05) is 0 Å². The maximum Gasteiger partial charge on any atom is 0.301 e. The van der Waals surface area contributed by atoms with Crippen LogP contribution in [0.15, 0.2) is 10.7 Å². The van der Waals surface area contributed by atoms with E-state index in [4.69, 9.17) is 5.73 Å². The van der Waals surface area contributed by atoms with Gasteiger partial charge in [0, 0.05) is 12.1 Å². The highest BCUT2D eigenvalue weighted by Gasteiger charge is 2.27. The monoisotopic (exact) mass is 281 g/mol. The highest BCUT2D eigenvalue weighted by atomic mass is 79.9. The summed E-state index contributed by atoms with van der Waals surface area (Å²) in [6, 6.07) is 1.25. The topological polar surface area (TPSA) is 82.0 Å². The first-order valence-corrected chi connectivity index (χ1v) is 4.58. The van der Waals surface area contributed by atoms with Crippen molar-refractivity contribution in [3.05, 3.63) is 32.0 Å². The number of aromatic nitrogens is 1. The Labute approximate surface area is 91.6 Å². The van der Waals surface area contributed by atoms with Gasteiger partial charge in [-0.1, -0.05) is 0 Å². The van der Waals surface area contributed by atoms with Gasteiger partial charge in [0.2, 0.25) is 0 Å².